The zero-order chi connectivity index (χ0) is 22.1. The number of piperazine rings is 1. The number of carbonyl (C=O) groups excluding carboxylic acids is 2. The highest BCUT2D eigenvalue weighted by Crippen LogP contribution is 2.40. The number of carbonyl (C=O) groups is 2. The number of hydrogen-bond acceptors (Lipinski definition) is 4. The smallest absolute Gasteiger partial charge is 0.241 e. The average molecular weight is 414 g/mol. The van der Waals surface area contributed by atoms with Crippen LogP contribution in [0.1, 0.15) is 47.1 Å². The number of ether oxygens (including phenoxy) is 1. The van der Waals surface area contributed by atoms with Gasteiger partial charge in [0.05, 0.1) is 24.4 Å². The molecule has 6 heteroatoms. The molecule has 2 heterocycles. The summed E-state index contributed by atoms with van der Waals surface area (Å²) in [5, 5.41) is 0. The largest absolute Gasteiger partial charge is 0.494 e. The summed E-state index contributed by atoms with van der Waals surface area (Å²) in [6.45, 7) is 15.8. The van der Waals surface area contributed by atoms with Gasteiger partial charge in [0.15, 0.2) is 0 Å². The summed E-state index contributed by atoms with van der Waals surface area (Å²) in [4.78, 5) is 31.6. The van der Waals surface area contributed by atoms with E-state index in [1.165, 1.54) is 0 Å². The minimum absolute atomic E-state index is 0.0143. The highest BCUT2D eigenvalue weighted by molar-refractivity contribution is 6.01. The van der Waals surface area contributed by atoms with E-state index in [1.807, 2.05) is 48.8 Å². The third-order valence-corrected chi connectivity index (χ3v) is 5.88. The fourth-order valence-electron chi connectivity index (χ4n) is 4.47. The van der Waals surface area contributed by atoms with Crippen LogP contribution in [-0.2, 0) is 9.59 Å². The average Bonchev–Trinajstić information content (AvgIpc) is 2.68. The molecule has 0 aromatic heterocycles. The molecule has 1 saturated heterocycles. The molecule has 0 aliphatic carbocycles. The topological polar surface area (TPSA) is 53.1 Å². The Labute approximate surface area is 180 Å². The van der Waals surface area contributed by atoms with E-state index in [2.05, 4.69) is 31.7 Å². The van der Waals surface area contributed by atoms with Crippen LogP contribution in [0.3, 0.4) is 0 Å². The summed E-state index contributed by atoms with van der Waals surface area (Å²) >= 11 is 0. The third kappa shape index (κ3) is 4.53. The van der Waals surface area contributed by atoms with Crippen LogP contribution in [0.15, 0.2) is 24.3 Å². The summed E-state index contributed by atoms with van der Waals surface area (Å²) in [6.07, 6.45) is 2.15. The normalized spacial score (nSPS) is 18.8. The van der Waals surface area contributed by atoms with E-state index >= 15 is 0 Å². The van der Waals surface area contributed by atoms with E-state index in [0.29, 0.717) is 26.2 Å². The summed E-state index contributed by atoms with van der Waals surface area (Å²) < 4.78 is 5.66. The van der Waals surface area contributed by atoms with Crippen LogP contribution in [0.5, 0.6) is 5.75 Å². The maximum absolute atomic E-state index is 13.4. The highest BCUT2D eigenvalue weighted by Gasteiger charge is 2.37. The Balaban J connectivity index is 1.75. The van der Waals surface area contributed by atoms with Gasteiger partial charge in [-0.2, -0.15) is 0 Å². The molecule has 0 spiro atoms. The Bertz CT molecular complexity index is 836. The maximum atomic E-state index is 13.4. The molecular weight excluding hydrogens is 378 g/mol. The molecule has 6 nitrogen and oxygen atoms in total. The number of benzene rings is 1. The summed E-state index contributed by atoms with van der Waals surface area (Å²) in [5.74, 6) is 1.11. The molecule has 2 aliphatic rings. The van der Waals surface area contributed by atoms with Crippen molar-refractivity contribution in [3.05, 3.63) is 29.8 Å². The number of hydrogen-bond donors (Lipinski definition) is 0. The molecule has 3 rings (SSSR count). The Kier molecular flexibility index (Phi) is 6.56. The number of nitrogens with zero attached hydrogens (tertiary/aromatic N) is 3. The Morgan fingerprint density at radius 3 is 2.40 bits per heavy atom. The molecular formula is C24H35N3O3. The van der Waals surface area contributed by atoms with Crippen LogP contribution in [-0.4, -0.2) is 66.5 Å². The van der Waals surface area contributed by atoms with Gasteiger partial charge in [0, 0.05) is 37.7 Å². The fraction of sp³-hybridized carbons (Fsp3) is 0.583. The number of rotatable bonds is 5. The number of anilines is 1. The molecule has 0 atom stereocenters. The molecule has 30 heavy (non-hydrogen) atoms. The molecule has 0 N–H and O–H groups in total. The first-order valence-corrected chi connectivity index (χ1v) is 10.9. The van der Waals surface area contributed by atoms with Crippen molar-refractivity contribution in [3.63, 3.8) is 0 Å². The van der Waals surface area contributed by atoms with Gasteiger partial charge >= 0.3 is 0 Å². The molecule has 2 amide bonds. The molecule has 1 aromatic carbocycles. The molecule has 0 unspecified atom stereocenters. The Morgan fingerprint density at radius 1 is 1.13 bits per heavy atom. The van der Waals surface area contributed by atoms with Crippen molar-refractivity contribution in [2.75, 3.05) is 44.2 Å². The van der Waals surface area contributed by atoms with Crippen molar-refractivity contribution < 1.29 is 14.3 Å². The number of allylic oxidation sites excluding steroid dienone is 1. The Hall–Kier alpha value is -2.34. The van der Waals surface area contributed by atoms with Crippen LogP contribution in [0.25, 0.3) is 5.57 Å². The number of amides is 2. The van der Waals surface area contributed by atoms with E-state index in [0.717, 1.165) is 35.7 Å². The van der Waals surface area contributed by atoms with Crippen molar-refractivity contribution in [3.8, 4) is 5.75 Å². The van der Waals surface area contributed by atoms with Gasteiger partial charge in [-0.15, -0.1) is 0 Å². The van der Waals surface area contributed by atoms with Crippen LogP contribution >= 0.6 is 0 Å². The first kappa shape index (κ1) is 22.3. The second-order valence-electron chi connectivity index (χ2n) is 9.08. The number of fused-ring (bicyclic) bond motifs is 1. The van der Waals surface area contributed by atoms with Crippen LogP contribution in [0.2, 0.25) is 0 Å². The summed E-state index contributed by atoms with van der Waals surface area (Å²) in [7, 11) is 0. The van der Waals surface area contributed by atoms with Crippen LogP contribution in [0.4, 0.5) is 5.69 Å². The van der Waals surface area contributed by atoms with Crippen molar-refractivity contribution in [2.45, 2.75) is 47.1 Å². The minimum atomic E-state index is -0.406. The van der Waals surface area contributed by atoms with Gasteiger partial charge in [-0.25, -0.2) is 0 Å². The predicted octanol–water partition coefficient (Wildman–Crippen LogP) is 3.41. The molecule has 1 aromatic rings. The van der Waals surface area contributed by atoms with Crippen LogP contribution < -0.4 is 9.64 Å². The van der Waals surface area contributed by atoms with Crippen molar-refractivity contribution >= 4 is 23.1 Å². The second-order valence-corrected chi connectivity index (χ2v) is 9.08. The van der Waals surface area contributed by atoms with Crippen molar-refractivity contribution in [1.82, 2.24) is 9.80 Å². The molecule has 164 valence electrons. The SMILES string of the molecule is CCOc1ccc2c(c1)C(C)=CC(C)(C)N2C(=O)CN1CCN(C(=O)C(C)C)CC1. The van der Waals surface area contributed by atoms with E-state index in [9.17, 15) is 9.59 Å². The third-order valence-electron chi connectivity index (χ3n) is 5.88. The predicted molar refractivity (Wildman–Crippen MR) is 121 cm³/mol. The minimum Gasteiger partial charge on any atom is -0.494 e. The first-order chi connectivity index (χ1) is 14.1. The molecule has 1 fully saturated rings. The fourth-order valence-corrected chi connectivity index (χ4v) is 4.47. The lowest BCUT2D eigenvalue weighted by molar-refractivity contribution is -0.136. The van der Waals surface area contributed by atoms with Gasteiger partial charge < -0.3 is 14.5 Å². The van der Waals surface area contributed by atoms with Crippen LogP contribution in [0, 0.1) is 5.92 Å². The van der Waals surface area contributed by atoms with E-state index in [-0.39, 0.29) is 17.7 Å². The van der Waals surface area contributed by atoms with Gasteiger partial charge in [0.2, 0.25) is 11.8 Å². The monoisotopic (exact) mass is 413 g/mol. The lowest BCUT2D eigenvalue weighted by Crippen LogP contribution is -2.55. The lowest BCUT2D eigenvalue weighted by Gasteiger charge is -2.43. The van der Waals surface area contributed by atoms with Crippen molar-refractivity contribution in [2.24, 2.45) is 5.92 Å². The van der Waals surface area contributed by atoms with Crippen molar-refractivity contribution in [1.29, 1.82) is 0 Å². The molecule has 0 radical (unpaired) electrons. The zero-order valence-corrected chi connectivity index (χ0v) is 19.2. The second kappa shape index (κ2) is 8.80. The van der Waals surface area contributed by atoms with E-state index < -0.39 is 5.54 Å². The summed E-state index contributed by atoms with van der Waals surface area (Å²) in [6, 6.07) is 5.96. The first-order valence-electron chi connectivity index (χ1n) is 10.9. The van der Waals surface area contributed by atoms with Gasteiger partial charge in [0.1, 0.15) is 5.75 Å². The Morgan fingerprint density at radius 2 is 1.80 bits per heavy atom. The zero-order valence-electron chi connectivity index (χ0n) is 19.2. The lowest BCUT2D eigenvalue weighted by atomic mass is 9.88. The van der Waals surface area contributed by atoms with E-state index in [4.69, 9.17) is 4.74 Å². The standard InChI is InChI=1S/C24H35N3O3/c1-7-30-19-8-9-21-20(14-19)18(4)15-24(5,6)27(21)22(28)16-25-10-12-26(13-11-25)23(29)17(2)3/h8-9,14-15,17H,7,10-13,16H2,1-6H3. The quantitative estimate of drug-likeness (QED) is 0.742. The maximum Gasteiger partial charge on any atom is 0.241 e. The van der Waals surface area contributed by atoms with Gasteiger partial charge in [-0.3, -0.25) is 14.5 Å². The molecule has 0 bridgehead atoms. The van der Waals surface area contributed by atoms with Gasteiger partial charge in [-0.1, -0.05) is 19.9 Å². The van der Waals surface area contributed by atoms with Gasteiger partial charge in [0.25, 0.3) is 0 Å². The van der Waals surface area contributed by atoms with E-state index in [1.54, 1.807) is 0 Å². The molecule has 0 saturated carbocycles. The van der Waals surface area contributed by atoms with Gasteiger partial charge in [-0.05, 0) is 51.5 Å². The molecule has 2 aliphatic heterocycles. The summed E-state index contributed by atoms with van der Waals surface area (Å²) in [5.41, 5.74) is 2.72. The highest BCUT2D eigenvalue weighted by atomic mass is 16.5.